The highest BCUT2D eigenvalue weighted by atomic mass is 16.2. The van der Waals surface area contributed by atoms with Crippen LogP contribution >= 0.6 is 0 Å². The number of hydrogen-bond acceptors (Lipinski definition) is 6. The van der Waals surface area contributed by atoms with E-state index in [9.17, 15) is 9.59 Å². The molecule has 2 amide bonds. The number of carbonyl (C=O) groups is 2. The van der Waals surface area contributed by atoms with Gasteiger partial charge in [-0.05, 0) is 18.2 Å². The highest BCUT2D eigenvalue weighted by molar-refractivity contribution is 5.92. The van der Waals surface area contributed by atoms with Crippen molar-refractivity contribution in [1.82, 2.24) is 24.8 Å². The van der Waals surface area contributed by atoms with Crippen LogP contribution < -0.4 is 5.32 Å². The van der Waals surface area contributed by atoms with Crippen LogP contribution in [-0.4, -0.2) is 63.2 Å². The van der Waals surface area contributed by atoms with Gasteiger partial charge in [-0.15, -0.1) is 0 Å². The molecule has 1 aliphatic rings. The second-order valence-electron chi connectivity index (χ2n) is 5.37. The van der Waals surface area contributed by atoms with Gasteiger partial charge in [0.2, 0.25) is 12.4 Å². The third kappa shape index (κ3) is 3.83. The Morgan fingerprint density at radius 3 is 2.67 bits per heavy atom. The Morgan fingerprint density at radius 1 is 1.12 bits per heavy atom. The van der Waals surface area contributed by atoms with E-state index >= 15 is 0 Å². The van der Waals surface area contributed by atoms with E-state index in [1.165, 1.54) is 0 Å². The molecular weight excluding hydrogens is 308 g/mol. The summed E-state index contributed by atoms with van der Waals surface area (Å²) in [5.74, 6) is 0.238. The molecule has 124 valence electrons. The lowest BCUT2D eigenvalue weighted by Gasteiger charge is -2.32. The maximum Gasteiger partial charge on any atom is 0.272 e. The quantitative estimate of drug-likeness (QED) is 0.800. The molecule has 3 heterocycles. The summed E-state index contributed by atoms with van der Waals surface area (Å²) in [5, 5.41) is 3.07. The van der Waals surface area contributed by atoms with Crippen molar-refractivity contribution in [2.24, 2.45) is 0 Å². The molecule has 0 aliphatic carbocycles. The summed E-state index contributed by atoms with van der Waals surface area (Å²) in [6.45, 7) is 2.60. The van der Waals surface area contributed by atoms with E-state index < -0.39 is 0 Å². The van der Waals surface area contributed by atoms with Gasteiger partial charge in [-0.2, -0.15) is 0 Å². The van der Waals surface area contributed by atoms with Gasteiger partial charge in [-0.1, -0.05) is 6.07 Å². The summed E-state index contributed by atoms with van der Waals surface area (Å²) in [6, 6.07) is 7.25. The maximum absolute atomic E-state index is 12.5. The van der Waals surface area contributed by atoms with E-state index in [1.807, 2.05) is 18.2 Å². The molecule has 0 aromatic carbocycles. The molecule has 0 spiro atoms. The van der Waals surface area contributed by atoms with Gasteiger partial charge in [0.1, 0.15) is 5.69 Å². The zero-order valence-electron chi connectivity index (χ0n) is 13.1. The fourth-order valence-corrected chi connectivity index (χ4v) is 2.43. The lowest BCUT2D eigenvalue weighted by Crippen LogP contribution is -2.48. The molecule has 0 bridgehead atoms. The second-order valence-corrected chi connectivity index (χ2v) is 5.37. The van der Waals surface area contributed by atoms with Crippen LogP contribution in [0.25, 0.3) is 0 Å². The zero-order chi connectivity index (χ0) is 16.8. The summed E-state index contributed by atoms with van der Waals surface area (Å²) in [6.07, 6.45) is 4.09. The largest absolute Gasteiger partial charge is 0.349 e. The summed E-state index contributed by atoms with van der Waals surface area (Å²) in [5.41, 5.74) is 1.20. The van der Waals surface area contributed by atoms with Crippen molar-refractivity contribution < 1.29 is 9.59 Å². The van der Waals surface area contributed by atoms with Crippen LogP contribution in [0.1, 0.15) is 16.2 Å². The molecule has 0 saturated carbocycles. The van der Waals surface area contributed by atoms with Gasteiger partial charge >= 0.3 is 0 Å². The molecule has 24 heavy (non-hydrogen) atoms. The maximum atomic E-state index is 12.5. The first-order valence-corrected chi connectivity index (χ1v) is 7.72. The van der Waals surface area contributed by atoms with Crippen LogP contribution in [0.2, 0.25) is 0 Å². The third-order valence-corrected chi connectivity index (χ3v) is 3.78. The predicted octanol–water partition coefficient (Wildman–Crippen LogP) is 0.398. The highest BCUT2D eigenvalue weighted by Crippen LogP contribution is 2.08. The van der Waals surface area contributed by atoms with Crippen molar-refractivity contribution in [3.63, 3.8) is 0 Å². The van der Waals surface area contributed by atoms with Crippen molar-refractivity contribution in [3.05, 3.63) is 48.0 Å². The van der Waals surface area contributed by atoms with Crippen LogP contribution in [0.4, 0.5) is 5.95 Å². The van der Waals surface area contributed by atoms with Crippen molar-refractivity contribution >= 4 is 18.3 Å². The fraction of sp³-hybridized carbons (Fsp3) is 0.312. The van der Waals surface area contributed by atoms with Gasteiger partial charge < -0.3 is 15.1 Å². The molecular formula is C16H18N6O2. The first-order valence-electron chi connectivity index (χ1n) is 7.72. The van der Waals surface area contributed by atoms with Crippen LogP contribution in [0.3, 0.4) is 0 Å². The summed E-state index contributed by atoms with van der Waals surface area (Å²) >= 11 is 0. The van der Waals surface area contributed by atoms with Crippen LogP contribution in [-0.2, 0) is 11.3 Å². The molecule has 1 aliphatic heterocycles. The number of amides is 2. The van der Waals surface area contributed by atoms with Gasteiger partial charge in [0.25, 0.3) is 5.91 Å². The molecule has 8 nitrogen and oxygen atoms in total. The van der Waals surface area contributed by atoms with Crippen molar-refractivity contribution in [2.75, 3.05) is 31.5 Å². The van der Waals surface area contributed by atoms with Crippen LogP contribution in [0.15, 0.2) is 36.7 Å². The van der Waals surface area contributed by atoms with Gasteiger partial charge in [0, 0.05) is 38.6 Å². The van der Waals surface area contributed by atoms with Crippen molar-refractivity contribution in [3.8, 4) is 0 Å². The standard InChI is InChI=1S/C16H18N6O2/c23-12-21-7-9-22(10-8-21)15(24)14-4-6-18-16(20-14)19-11-13-3-1-2-5-17-13/h1-6,12H,7-11H2,(H,18,19,20). The van der Waals surface area contributed by atoms with Gasteiger partial charge in [-0.25, -0.2) is 9.97 Å². The van der Waals surface area contributed by atoms with Crippen LogP contribution in [0, 0.1) is 0 Å². The second kappa shape index (κ2) is 7.49. The molecule has 0 radical (unpaired) electrons. The average Bonchev–Trinajstić information content (AvgIpc) is 2.67. The Labute approximate surface area is 139 Å². The van der Waals surface area contributed by atoms with E-state index in [0.29, 0.717) is 44.4 Å². The smallest absolute Gasteiger partial charge is 0.272 e. The van der Waals surface area contributed by atoms with Crippen molar-refractivity contribution in [1.29, 1.82) is 0 Å². The lowest BCUT2D eigenvalue weighted by atomic mass is 10.3. The Kier molecular flexibility index (Phi) is 4.95. The molecule has 8 heteroatoms. The summed E-state index contributed by atoms with van der Waals surface area (Å²) in [4.78, 5) is 39.2. The predicted molar refractivity (Wildman–Crippen MR) is 87.1 cm³/mol. The monoisotopic (exact) mass is 326 g/mol. The number of anilines is 1. The average molecular weight is 326 g/mol. The minimum atomic E-state index is -0.149. The summed E-state index contributed by atoms with van der Waals surface area (Å²) in [7, 11) is 0. The molecule has 3 rings (SSSR count). The van der Waals surface area contributed by atoms with Gasteiger partial charge in [0.15, 0.2) is 0 Å². The number of rotatable bonds is 5. The Hall–Kier alpha value is -3.03. The molecule has 1 fully saturated rings. The summed E-state index contributed by atoms with van der Waals surface area (Å²) < 4.78 is 0. The van der Waals surface area contributed by atoms with E-state index in [0.717, 1.165) is 12.1 Å². The Morgan fingerprint density at radius 2 is 1.96 bits per heavy atom. The van der Waals surface area contributed by atoms with E-state index in [4.69, 9.17) is 0 Å². The molecule has 2 aromatic rings. The molecule has 0 atom stereocenters. The number of carbonyl (C=O) groups excluding carboxylic acids is 2. The lowest BCUT2D eigenvalue weighted by molar-refractivity contribution is -0.119. The molecule has 1 saturated heterocycles. The minimum absolute atomic E-state index is 0.149. The molecule has 2 aromatic heterocycles. The van der Waals surface area contributed by atoms with E-state index in [1.54, 1.807) is 28.3 Å². The molecule has 1 N–H and O–H groups in total. The van der Waals surface area contributed by atoms with Crippen LogP contribution in [0.5, 0.6) is 0 Å². The minimum Gasteiger partial charge on any atom is -0.349 e. The molecule has 0 unspecified atom stereocenters. The Bertz CT molecular complexity index is 701. The number of aromatic nitrogens is 3. The Balaban J connectivity index is 1.62. The number of pyridine rings is 1. The highest BCUT2D eigenvalue weighted by Gasteiger charge is 2.22. The topological polar surface area (TPSA) is 91.3 Å². The fourth-order valence-electron chi connectivity index (χ4n) is 2.43. The number of hydrogen-bond donors (Lipinski definition) is 1. The van der Waals surface area contributed by atoms with Crippen molar-refractivity contribution in [2.45, 2.75) is 6.54 Å². The normalized spacial score (nSPS) is 14.3. The number of piperazine rings is 1. The zero-order valence-corrected chi connectivity index (χ0v) is 13.1. The van der Waals surface area contributed by atoms with E-state index in [2.05, 4.69) is 20.3 Å². The number of nitrogens with one attached hydrogen (secondary N) is 1. The number of nitrogens with zero attached hydrogens (tertiary/aromatic N) is 5. The SMILES string of the molecule is O=CN1CCN(C(=O)c2ccnc(NCc3ccccn3)n2)CC1. The first-order chi connectivity index (χ1) is 11.8. The third-order valence-electron chi connectivity index (χ3n) is 3.78. The van der Waals surface area contributed by atoms with E-state index in [-0.39, 0.29) is 5.91 Å². The van der Waals surface area contributed by atoms with Gasteiger partial charge in [0.05, 0.1) is 12.2 Å². The van der Waals surface area contributed by atoms with Gasteiger partial charge in [-0.3, -0.25) is 14.6 Å². The first kappa shape index (κ1) is 15.9.